The van der Waals surface area contributed by atoms with Crippen molar-refractivity contribution in [3.8, 4) is 28.1 Å². The summed E-state index contributed by atoms with van der Waals surface area (Å²) in [5.74, 6) is -0.508. The van der Waals surface area contributed by atoms with E-state index in [2.05, 4.69) is 48.1 Å². The molecule has 1 atom stereocenters. The van der Waals surface area contributed by atoms with E-state index in [9.17, 15) is 14.7 Å². The molecular weight excluding hydrogens is 444 g/mol. The smallest absolute Gasteiger partial charge is 0.341 e. The highest BCUT2D eigenvalue weighted by molar-refractivity contribution is 5.88. The Bertz CT molecular complexity index is 1340. The Morgan fingerprint density at radius 2 is 1.89 bits per heavy atom. The third kappa shape index (κ3) is 4.16. The van der Waals surface area contributed by atoms with Gasteiger partial charge in [0.15, 0.2) is 5.43 Å². The molecule has 0 amide bonds. The van der Waals surface area contributed by atoms with E-state index in [1.54, 1.807) is 7.11 Å². The van der Waals surface area contributed by atoms with Crippen molar-refractivity contribution >= 4 is 5.97 Å². The van der Waals surface area contributed by atoms with Crippen LogP contribution >= 0.6 is 0 Å². The highest BCUT2D eigenvalue weighted by Crippen LogP contribution is 2.45. The van der Waals surface area contributed by atoms with Crippen LogP contribution in [0.3, 0.4) is 0 Å². The Hall–Kier alpha value is -3.39. The summed E-state index contributed by atoms with van der Waals surface area (Å²) in [5.41, 5.74) is 3.84. The highest BCUT2D eigenvalue weighted by atomic mass is 16.5. The predicted molar refractivity (Wildman–Crippen MR) is 134 cm³/mol. The molecule has 4 heterocycles. The van der Waals surface area contributed by atoms with Crippen LogP contribution in [0.4, 0.5) is 0 Å². The average Bonchev–Trinajstić information content (AvgIpc) is 3.32. The second-order valence-corrected chi connectivity index (χ2v) is 10.6. The van der Waals surface area contributed by atoms with E-state index in [1.165, 1.54) is 12.3 Å². The van der Waals surface area contributed by atoms with Crippen molar-refractivity contribution in [3.63, 3.8) is 0 Å². The molecule has 2 aliphatic rings. The molecule has 0 aliphatic carbocycles. The van der Waals surface area contributed by atoms with Gasteiger partial charge < -0.3 is 19.7 Å². The van der Waals surface area contributed by atoms with Crippen LogP contribution in [0.2, 0.25) is 0 Å². The molecule has 8 heteroatoms. The van der Waals surface area contributed by atoms with Crippen molar-refractivity contribution in [2.45, 2.75) is 52.1 Å². The fraction of sp³-hybridized carbons (Fsp3) is 0.444. The lowest BCUT2D eigenvalue weighted by atomic mass is 9.78. The van der Waals surface area contributed by atoms with Crippen LogP contribution in [0, 0.1) is 5.41 Å². The van der Waals surface area contributed by atoms with Crippen LogP contribution in [0.15, 0.2) is 41.6 Å². The summed E-state index contributed by atoms with van der Waals surface area (Å²) in [5, 5.41) is 17.6. The molecule has 5 rings (SSSR count). The number of nitrogens with zero attached hydrogens (tertiary/aromatic N) is 3. The van der Waals surface area contributed by atoms with Crippen LogP contribution in [-0.2, 0) is 6.42 Å². The number of piperidine rings is 1. The lowest BCUT2D eigenvalue weighted by Crippen LogP contribution is -2.32. The van der Waals surface area contributed by atoms with Crippen LogP contribution in [0.25, 0.3) is 22.4 Å². The maximum Gasteiger partial charge on any atom is 0.341 e. The lowest BCUT2D eigenvalue weighted by Gasteiger charge is -2.39. The zero-order valence-electron chi connectivity index (χ0n) is 20.7. The third-order valence-corrected chi connectivity index (χ3v) is 7.36. The minimum atomic E-state index is -1.21. The van der Waals surface area contributed by atoms with E-state index in [4.69, 9.17) is 4.74 Å². The molecular formula is C27H32N4O4. The zero-order valence-corrected chi connectivity index (χ0v) is 20.7. The molecule has 8 nitrogen and oxygen atoms in total. The Morgan fingerprint density at radius 1 is 1.14 bits per heavy atom. The Kier molecular flexibility index (Phi) is 5.79. The van der Waals surface area contributed by atoms with E-state index in [1.807, 2.05) is 16.8 Å². The van der Waals surface area contributed by atoms with Gasteiger partial charge in [0.2, 0.25) is 0 Å². The second kappa shape index (κ2) is 8.68. The molecule has 3 aromatic rings. The van der Waals surface area contributed by atoms with Gasteiger partial charge >= 0.3 is 5.97 Å². The number of hydrogen-bond donors (Lipinski definition) is 2. The average molecular weight is 477 g/mol. The van der Waals surface area contributed by atoms with Gasteiger partial charge in [-0.2, -0.15) is 5.10 Å². The van der Waals surface area contributed by atoms with Crippen molar-refractivity contribution in [1.82, 2.24) is 19.7 Å². The number of aromatic carboxylic acids is 1. The molecule has 2 aliphatic heterocycles. The number of carboxylic acids is 1. The summed E-state index contributed by atoms with van der Waals surface area (Å²) < 4.78 is 9.82. The van der Waals surface area contributed by atoms with Crippen LogP contribution in [0.1, 0.15) is 61.6 Å². The topological polar surface area (TPSA) is 98.4 Å². The maximum absolute atomic E-state index is 12.7. The molecule has 35 heavy (non-hydrogen) atoms. The predicted octanol–water partition coefficient (Wildman–Crippen LogP) is 4.15. The first-order valence-corrected chi connectivity index (χ1v) is 12.1. The Morgan fingerprint density at radius 3 is 2.54 bits per heavy atom. The van der Waals surface area contributed by atoms with Gasteiger partial charge in [0.05, 0.1) is 25.0 Å². The molecule has 0 saturated carbocycles. The van der Waals surface area contributed by atoms with Crippen LogP contribution in [-0.4, -0.2) is 45.6 Å². The lowest BCUT2D eigenvalue weighted by molar-refractivity contribution is 0.0693. The van der Waals surface area contributed by atoms with Crippen molar-refractivity contribution in [1.29, 1.82) is 0 Å². The van der Waals surface area contributed by atoms with Gasteiger partial charge in [-0.3, -0.25) is 9.48 Å². The first-order valence-electron chi connectivity index (χ1n) is 12.1. The monoisotopic (exact) mass is 476 g/mol. The number of hydrogen-bond acceptors (Lipinski definition) is 5. The quantitative estimate of drug-likeness (QED) is 0.587. The van der Waals surface area contributed by atoms with E-state index in [-0.39, 0.29) is 17.0 Å². The fourth-order valence-corrected chi connectivity index (χ4v) is 5.39. The summed E-state index contributed by atoms with van der Waals surface area (Å²) in [6.45, 7) is 8.41. The first-order chi connectivity index (χ1) is 16.7. The molecule has 2 N–H and O–H groups in total. The molecule has 0 radical (unpaired) electrons. The number of carboxylic acid groups (broad SMARTS) is 1. The van der Waals surface area contributed by atoms with Crippen LogP contribution < -0.4 is 15.5 Å². The molecule has 1 aromatic carbocycles. The zero-order chi connectivity index (χ0) is 24.9. The van der Waals surface area contributed by atoms with Gasteiger partial charge in [-0.05, 0) is 55.5 Å². The van der Waals surface area contributed by atoms with Gasteiger partial charge in [-0.1, -0.05) is 20.8 Å². The SMILES string of the molecule is COc1cc2c(cc1-c1cnn(C3CCNCC3)c1)CC(C(C)(C)C)n1cc(C(=O)O)c(=O)cc1-2. The highest BCUT2D eigenvalue weighted by Gasteiger charge is 2.34. The first kappa shape index (κ1) is 23.4. The summed E-state index contributed by atoms with van der Waals surface area (Å²) in [6.07, 6.45) is 8.32. The Balaban J connectivity index is 1.64. The summed E-state index contributed by atoms with van der Waals surface area (Å²) in [7, 11) is 1.64. The molecule has 1 saturated heterocycles. The van der Waals surface area contributed by atoms with Crippen molar-refractivity contribution in [2.24, 2.45) is 5.41 Å². The normalized spacial score (nSPS) is 18.1. The number of pyridine rings is 1. The minimum Gasteiger partial charge on any atom is -0.496 e. The molecule has 184 valence electrons. The molecule has 0 spiro atoms. The number of methoxy groups -OCH3 is 1. The van der Waals surface area contributed by atoms with Crippen molar-refractivity contribution in [3.05, 3.63) is 58.1 Å². The van der Waals surface area contributed by atoms with Crippen molar-refractivity contribution < 1.29 is 14.6 Å². The van der Waals surface area contributed by atoms with E-state index in [0.717, 1.165) is 53.9 Å². The number of nitrogens with one attached hydrogen (secondary N) is 1. The summed E-state index contributed by atoms with van der Waals surface area (Å²) in [6, 6.07) is 5.95. The van der Waals surface area contributed by atoms with Gasteiger partial charge in [-0.15, -0.1) is 0 Å². The number of benzene rings is 1. The number of ether oxygens (including phenoxy) is 1. The number of aromatic nitrogens is 3. The van der Waals surface area contributed by atoms with Gasteiger partial charge in [0.25, 0.3) is 0 Å². The van der Waals surface area contributed by atoms with E-state index in [0.29, 0.717) is 18.2 Å². The second-order valence-electron chi connectivity index (χ2n) is 10.6. The van der Waals surface area contributed by atoms with Gasteiger partial charge in [0.1, 0.15) is 11.3 Å². The van der Waals surface area contributed by atoms with Gasteiger partial charge in [-0.25, -0.2) is 4.79 Å². The number of fused-ring (bicyclic) bond motifs is 3. The number of rotatable bonds is 4. The van der Waals surface area contributed by atoms with Crippen LogP contribution in [0.5, 0.6) is 5.75 Å². The fourth-order valence-electron chi connectivity index (χ4n) is 5.39. The summed E-state index contributed by atoms with van der Waals surface area (Å²) >= 11 is 0. The van der Waals surface area contributed by atoms with E-state index >= 15 is 0 Å². The van der Waals surface area contributed by atoms with Crippen molar-refractivity contribution in [2.75, 3.05) is 20.2 Å². The molecule has 1 unspecified atom stereocenters. The number of carbonyl (C=O) groups is 1. The minimum absolute atomic E-state index is 0.0117. The summed E-state index contributed by atoms with van der Waals surface area (Å²) in [4.78, 5) is 24.3. The standard InChI is InChI=1S/C27H32N4O4/c1-27(2,3)25-10-16-9-20(17-13-29-31(14-17)18-5-7-28-8-6-18)24(35-4)11-19(16)22-12-23(32)21(26(33)34)15-30(22)25/h9,11-15,18,25,28H,5-8,10H2,1-4H3,(H,33,34). The van der Waals surface area contributed by atoms with Gasteiger partial charge in [0, 0.05) is 41.2 Å². The molecule has 1 fully saturated rings. The molecule has 0 bridgehead atoms. The van der Waals surface area contributed by atoms with E-state index < -0.39 is 11.4 Å². The largest absolute Gasteiger partial charge is 0.496 e. The third-order valence-electron chi connectivity index (χ3n) is 7.36. The molecule has 2 aromatic heterocycles. The maximum atomic E-state index is 12.7. The Labute approximate surface area is 204 Å².